The molecule has 2 heterocycles. The van der Waals surface area contributed by atoms with Crippen LogP contribution in [-0.4, -0.2) is 11.6 Å². The Labute approximate surface area is 67.6 Å². The van der Waals surface area contributed by atoms with Crippen LogP contribution in [0.1, 0.15) is 38.5 Å². The Bertz CT molecular complexity index is 190. The summed E-state index contributed by atoms with van der Waals surface area (Å²) in [6, 6.07) is 3.03. The predicted molar refractivity (Wildman–Crippen MR) is 43.0 cm³/mol. The summed E-state index contributed by atoms with van der Waals surface area (Å²) in [6.45, 7) is 0. The molecule has 0 spiro atoms. The number of piperidine rings is 1. The largest absolute Gasteiger partial charge is 0.307 e. The zero-order chi connectivity index (χ0) is 7.73. The maximum Gasteiger partial charge on any atom is 0.0641 e. The van der Waals surface area contributed by atoms with Crippen molar-refractivity contribution in [2.45, 2.75) is 50.1 Å². The summed E-state index contributed by atoms with van der Waals surface area (Å²) in [5.74, 6) is 0. The van der Waals surface area contributed by atoms with Crippen LogP contribution in [0.25, 0.3) is 0 Å². The van der Waals surface area contributed by atoms with Gasteiger partial charge < -0.3 is 5.32 Å². The van der Waals surface area contributed by atoms with Gasteiger partial charge in [0.15, 0.2) is 0 Å². The number of hydrogen-bond acceptors (Lipinski definition) is 2. The van der Waals surface area contributed by atoms with Gasteiger partial charge in [0.2, 0.25) is 0 Å². The minimum atomic E-state index is 0.234. The molecule has 60 valence electrons. The summed E-state index contributed by atoms with van der Waals surface area (Å²) < 4.78 is 0. The normalized spacial score (nSPS) is 41.9. The van der Waals surface area contributed by atoms with Gasteiger partial charge in [-0.15, -0.1) is 0 Å². The van der Waals surface area contributed by atoms with Crippen molar-refractivity contribution in [2.75, 3.05) is 0 Å². The molecule has 2 rings (SSSR count). The molecule has 2 heteroatoms. The van der Waals surface area contributed by atoms with Crippen LogP contribution in [0.3, 0.4) is 0 Å². The van der Waals surface area contributed by atoms with Crippen LogP contribution in [0.15, 0.2) is 0 Å². The quantitative estimate of drug-likeness (QED) is 0.616. The molecule has 0 aromatic heterocycles. The number of nitriles is 1. The monoisotopic (exact) mass is 150 g/mol. The van der Waals surface area contributed by atoms with Crippen molar-refractivity contribution < 1.29 is 0 Å². The number of nitrogens with zero attached hydrogens (tertiary/aromatic N) is 1. The Morgan fingerprint density at radius 2 is 2.36 bits per heavy atom. The first kappa shape index (κ1) is 7.12. The third kappa shape index (κ3) is 1.14. The molecule has 2 aliphatic rings. The molecule has 2 bridgehead atoms. The average Bonchev–Trinajstić information content (AvgIpc) is 2.28. The summed E-state index contributed by atoms with van der Waals surface area (Å²) >= 11 is 0. The minimum absolute atomic E-state index is 0.234. The summed E-state index contributed by atoms with van der Waals surface area (Å²) in [5.41, 5.74) is 0.234. The highest BCUT2D eigenvalue weighted by Crippen LogP contribution is 2.37. The van der Waals surface area contributed by atoms with E-state index in [1.807, 2.05) is 0 Å². The van der Waals surface area contributed by atoms with Gasteiger partial charge in [0.1, 0.15) is 0 Å². The number of rotatable bonds is 1. The highest BCUT2D eigenvalue weighted by atomic mass is 15.1. The maximum atomic E-state index is 8.64. The minimum Gasteiger partial charge on any atom is -0.307 e. The summed E-state index contributed by atoms with van der Waals surface area (Å²) in [6.07, 6.45) is 7.10. The molecule has 2 unspecified atom stereocenters. The first-order valence-electron chi connectivity index (χ1n) is 4.49. The fourth-order valence-electron chi connectivity index (χ4n) is 2.51. The van der Waals surface area contributed by atoms with Crippen LogP contribution in [-0.2, 0) is 0 Å². The molecular formula is C9H14N2. The van der Waals surface area contributed by atoms with Gasteiger partial charge in [-0.1, -0.05) is 6.42 Å². The van der Waals surface area contributed by atoms with Crippen LogP contribution in [0.5, 0.6) is 0 Å². The molecule has 1 N–H and O–H groups in total. The Morgan fingerprint density at radius 3 is 3.18 bits per heavy atom. The van der Waals surface area contributed by atoms with E-state index < -0.39 is 0 Å². The molecule has 2 atom stereocenters. The van der Waals surface area contributed by atoms with Gasteiger partial charge in [0.05, 0.1) is 12.5 Å². The predicted octanol–water partition coefficient (Wildman–Crippen LogP) is 1.57. The summed E-state index contributed by atoms with van der Waals surface area (Å²) in [4.78, 5) is 0. The average molecular weight is 150 g/mol. The second-order valence-corrected chi connectivity index (χ2v) is 3.89. The Hall–Kier alpha value is -0.550. The summed E-state index contributed by atoms with van der Waals surface area (Å²) in [5, 5.41) is 12.2. The van der Waals surface area contributed by atoms with Crippen molar-refractivity contribution in [3.05, 3.63) is 0 Å². The number of hydrogen-bond donors (Lipinski definition) is 1. The van der Waals surface area contributed by atoms with Gasteiger partial charge >= 0.3 is 0 Å². The third-order valence-electron chi connectivity index (χ3n) is 3.11. The molecule has 2 saturated heterocycles. The zero-order valence-corrected chi connectivity index (χ0v) is 6.77. The molecule has 0 aromatic carbocycles. The van der Waals surface area contributed by atoms with E-state index in [2.05, 4.69) is 11.4 Å². The lowest BCUT2D eigenvalue weighted by Gasteiger charge is -2.32. The summed E-state index contributed by atoms with van der Waals surface area (Å²) in [7, 11) is 0. The number of fused-ring (bicyclic) bond motifs is 2. The highest BCUT2D eigenvalue weighted by molar-refractivity contribution is 5.05. The topological polar surface area (TPSA) is 35.8 Å². The second-order valence-electron chi connectivity index (χ2n) is 3.89. The lowest BCUT2D eigenvalue weighted by atomic mass is 9.88. The van der Waals surface area contributed by atoms with Crippen molar-refractivity contribution in [3.63, 3.8) is 0 Å². The first-order chi connectivity index (χ1) is 5.35. The van der Waals surface area contributed by atoms with Gasteiger partial charge in [-0.2, -0.15) is 5.26 Å². The van der Waals surface area contributed by atoms with Crippen molar-refractivity contribution in [2.24, 2.45) is 0 Å². The van der Waals surface area contributed by atoms with E-state index in [0.717, 1.165) is 6.04 Å². The molecule has 0 amide bonds. The van der Waals surface area contributed by atoms with Gasteiger partial charge in [-0.3, -0.25) is 0 Å². The van der Waals surface area contributed by atoms with Crippen LogP contribution >= 0.6 is 0 Å². The Kier molecular flexibility index (Phi) is 1.61. The van der Waals surface area contributed by atoms with E-state index >= 15 is 0 Å². The Balaban J connectivity index is 2.08. The molecule has 2 nitrogen and oxygen atoms in total. The van der Waals surface area contributed by atoms with E-state index in [9.17, 15) is 0 Å². The fraction of sp³-hybridized carbons (Fsp3) is 0.889. The van der Waals surface area contributed by atoms with E-state index in [1.165, 1.54) is 32.1 Å². The molecule has 0 radical (unpaired) electrons. The molecule has 0 saturated carbocycles. The first-order valence-corrected chi connectivity index (χ1v) is 4.49. The Morgan fingerprint density at radius 1 is 1.45 bits per heavy atom. The van der Waals surface area contributed by atoms with Crippen LogP contribution in [0.4, 0.5) is 0 Å². The van der Waals surface area contributed by atoms with Crippen molar-refractivity contribution >= 4 is 0 Å². The van der Waals surface area contributed by atoms with E-state index in [1.54, 1.807) is 0 Å². The van der Waals surface area contributed by atoms with Crippen molar-refractivity contribution in [1.29, 1.82) is 5.26 Å². The SMILES string of the molecule is N#CCC12CCCC(CC1)N2. The van der Waals surface area contributed by atoms with Gasteiger partial charge in [-0.25, -0.2) is 0 Å². The van der Waals surface area contributed by atoms with Crippen molar-refractivity contribution in [3.8, 4) is 6.07 Å². The lowest BCUT2D eigenvalue weighted by Crippen LogP contribution is -2.46. The molecule has 11 heavy (non-hydrogen) atoms. The van der Waals surface area contributed by atoms with E-state index in [4.69, 9.17) is 5.26 Å². The maximum absolute atomic E-state index is 8.64. The van der Waals surface area contributed by atoms with Crippen LogP contribution in [0.2, 0.25) is 0 Å². The van der Waals surface area contributed by atoms with Gasteiger partial charge in [0.25, 0.3) is 0 Å². The standard InChI is InChI=1S/C9H14N2/c10-7-6-9-4-1-2-8(11-9)3-5-9/h8,11H,1-6H2. The van der Waals surface area contributed by atoms with Crippen molar-refractivity contribution in [1.82, 2.24) is 5.32 Å². The second kappa shape index (κ2) is 2.49. The zero-order valence-electron chi connectivity index (χ0n) is 6.77. The molecule has 2 aliphatic heterocycles. The lowest BCUT2D eigenvalue weighted by molar-refractivity contribution is 0.280. The fourth-order valence-corrected chi connectivity index (χ4v) is 2.51. The van der Waals surface area contributed by atoms with Gasteiger partial charge in [-0.05, 0) is 25.7 Å². The molecular weight excluding hydrogens is 136 g/mol. The highest BCUT2D eigenvalue weighted by Gasteiger charge is 2.40. The van der Waals surface area contributed by atoms with E-state index in [-0.39, 0.29) is 5.54 Å². The number of nitrogens with one attached hydrogen (secondary N) is 1. The van der Waals surface area contributed by atoms with Gasteiger partial charge in [0, 0.05) is 11.6 Å². The molecule has 2 fully saturated rings. The van der Waals surface area contributed by atoms with Crippen LogP contribution in [0, 0.1) is 11.3 Å². The van der Waals surface area contributed by atoms with Crippen LogP contribution < -0.4 is 5.32 Å². The third-order valence-corrected chi connectivity index (χ3v) is 3.11. The molecule has 0 aromatic rings. The molecule has 0 aliphatic carbocycles. The van der Waals surface area contributed by atoms with E-state index in [0.29, 0.717) is 6.42 Å². The smallest absolute Gasteiger partial charge is 0.0641 e.